The molecule has 0 aliphatic carbocycles. The third-order valence-corrected chi connectivity index (χ3v) is 4.74. The summed E-state index contributed by atoms with van der Waals surface area (Å²) in [6.07, 6.45) is 0.974. The van der Waals surface area contributed by atoms with Crippen molar-refractivity contribution in [3.63, 3.8) is 0 Å². The van der Waals surface area contributed by atoms with Crippen molar-refractivity contribution in [2.75, 3.05) is 7.05 Å². The van der Waals surface area contributed by atoms with E-state index < -0.39 is 11.6 Å². The van der Waals surface area contributed by atoms with Crippen LogP contribution in [0.1, 0.15) is 30.5 Å². The summed E-state index contributed by atoms with van der Waals surface area (Å²) in [6.45, 7) is 1.79. The molecule has 2 nitrogen and oxygen atoms in total. The Balaban J connectivity index is 2.01. The zero-order valence-electron chi connectivity index (χ0n) is 13.0. The van der Waals surface area contributed by atoms with Crippen LogP contribution in [0.2, 0.25) is 0 Å². The lowest BCUT2D eigenvalue weighted by Crippen LogP contribution is -2.30. The van der Waals surface area contributed by atoms with Crippen LogP contribution in [0, 0.1) is 11.6 Å². The number of nitrogens with zero attached hydrogens (tertiary/aromatic N) is 1. The van der Waals surface area contributed by atoms with E-state index in [1.54, 1.807) is 18.9 Å². The van der Waals surface area contributed by atoms with Gasteiger partial charge < -0.3 is 4.90 Å². The van der Waals surface area contributed by atoms with Gasteiger partial charge in [-0.25, -0.2) is 8.78 Å². The lowest BCUT2D eigenvalue weighted by atomic mass is 10.1. The molecular formula is C18H18BrF2NO. The molecule has 1 amide bonds. The first-order chi connectivity index (χ1) is 10.9. The summed E-state index contributed by atoms with van der Waals surface area (Å²) in [4.78, 5) is 13.9. The maximum absolute atomic E-state index is 13.3. The summed E-state index contributed by atoms with van der Waals surface area (Å²) >= 11 is 3.46. The quantitative estimate of drug-likeness (QED) is 0.722. The monoisotopic (exact) mass is 381 g/mol. The smallest absolute Gasteiger partial charge is 0.223 e. The molecule has 1 atom stereocenters. The molecule has 23 heavy (non-hydrogen) atoms. The zero-order chi connectivity index (χ0) is 17.0. The lowest BCUT2D eigenvalue weighted by molar-refractivity contribution is -0.131. The average molecular weight is 382 g/mol. The van der Waals surface area contributed by atoms with Crippen molar-refractivity contribution in [3.05, 3.63) is 69.7 Å². The van der Waals surface area contributed by atoms with Gasteiger partial charge in [-0.2, -0.15) is 0 Å². The van der Waals surface area contributed by atoms with Gasteiger partial charge in [0.05, 0.1) is 6.04 Å². The number of halogens is 3. The van der Waals surface area contributed by atoms with Gasteiger partial charge in [0.1, 0.15) is 0 Å². The fourth-order valence-corrected chi connectivity index (χ4v) is 2.81. The first kappa shape index (κ1) is 17.6. The highest BCUT2D eigenvalue weighted by Crippen LogP contribution is 2.23. The Bertz CT molecular complexity index is 705. The molecule has 0 bridgehead atoms. The third-order valence-electron chi connectivity index (χ3n) is 3.97. The third kappa shape index (κ3) is 4.38. The number of hydrogen-bond donors (Lipinski definition) is 0. The average Bonchev–Trinajstić information content (AvgIpc) is 2.55. The van der Waals surface area contributed by atoms with E-state index in [0.29, 0.717) is 18.4 Å². The van der Waals surface area contributed by atoms with Gasteiger partial charge in [0.25, 0.3) is 0 Å². The molecule has 5 heteroatoms. The molecule has 2 rings (SSSR count). The number of hydrogen-bond acceptors (Lipinski definition) is 1. The minimum Gasteiger partial charge on any atom is -0.339 e. The van der Waals surface area contributed by atoms with Crippen molar-refractivity contribution < 1.29 is 13.6 Å². The summed E-state index contributed by atoms with van der Waals surface area (Å²) in [7, 11) is 1.67. The van der Waals surface area contributed by atoms with Gasteiger partial charge in [-0.1, -0.05) is 40.2 Å². The predicted octanol–water partition coefficient (Wildman–Crippen LogP) is 4.88. The molecular weight excluding hydrogens is 364 g/mol. The number of rotatable bonds is 5. The lowest BCUT2D eigenvalue weighted by Gasteiger charge is -2.25. The van der Waals surface area contributed by atoms with Gasteiger partial charge in [0, 0.05) is 17.9 Å². The maximum Gasteiger partial charge on any atom is 0.223 e. The first-order valence-corrected chi connectivity index (χ1v) is 8.13. The molecule has 2 aromatic carbocycles. The first-order valence-electron chi connectivity index (χ1n) is 7.34. The summed E-state index contributed by atoms with van der Waals surface area (Å²) < 4.78 is 27.3. The van der Waals surface area contributed by atoms with Crippen LogP contribution in [-0.4, -0.2) is 17.9 Å². The SMILES string of the molecule is CC(c1ccc(F)c(F)c1)N(C)C(=O)CCc1ccccc1Br. The number of carbonyl (C=O) groups is 1. The molecule has 0 N–H and O–H groups in total. The molecule has 0 aliphatic rings. The van der Waals surface area contributed by atoms with Gasteiger partial charge in [0.15, 0.2) is 11.6 Å². The van der Waals surface area contributed by atoms with Gasteiger partial charge in [-0.15, -0.1) is 0 Å². The van der Waals surface area contributed by atoms with E-state index in [1.807, 2.05) is 24.3 Å². The number of benzene rings is 2. The highest BCUT2D eigenvalue weighted by atomic mass is 79.9. The summed E-state index contributed by atoms with van der Waals surface area (Å²) in [5.41, 5.74) is 1.63. The highest BCUT2D eigenvalue weighted by molar-refractivity contribution is 9.10. The summed E-state index contributed by atoms with van der Waals surface area (Å²) in [5.74, 6) is -1.83. The normalized spacial score (nSPS) is 12.0. The van der Waals surface area contributed by atoms with Crippen LogP contribution in [0.3, 0.4) is 0 Å². The molecule has 0 heterocycles. The fraction of sp³-hybridized carbons (Fsp3) is 0.278. The van der Waals surface area contributed by atoms with E-state index in [0.717, 1.165) is 22.2 Å². The Morgan fingerprint density at radius 3 is 2.52 bits per heavy atom. The van der Waals surface area contributed by atoms with Gasteiger partial charge >= 0.3 is 0 Å². The molecule has 0 aromatic heterocycles. The van der Waals surface area contributed by atoms with E-state index >= 15 is 0 Å². The Labute approximate surface area is 143 Å². The van der Waals surface area contributed by atoms with E-state index in [4.69, 9.17) is 0 Å². The van der Waals surface area contributed by atoms with E-state index in [9.17, 15) is 13.6 Å². The molecule has 0 saturated carbocycles. The second-order valence-electron chi connectivity index (χ2n) is 5.45. The van der Waals surface area contributed by atoms with E-state index in [1.165, 1.54) is 6.07 Å². The van der Waals surface area contributed by atoms with Crippen molar-refractivity contribution in [1.82, 2.24) is 4.90 Å². The van der Waals surface area contributed by atoms with Gasteiger partial charge in [-0.05, 0) is 42.7 Å². The number of carbonyl (C=O) groups excluding carboxylic acids is 1. The Kier molecular flexibility index (Phi) is 5.88. The maximum atomic E-state index is 13.3. The molecule has 1 unspecified atom stereocenters. The summed E-state index contributed by atoms with van der Waals surface area (Å²) in [5, 5.41) is 0. The minimum atomic E-state index is -0.900. The van der Waals surface area contributed by atoms with Crippen molar-refractivity contribution in [2.24, 2.45) is 0 Å². The Morgan fingerprint density at radius 1 is 1.17 bits per heavy atom. The molecule has 0 radical (unpaired) electrons. The molecule has 0 spiro atoms. The fourth-order valence-electron chi connectivity index (χ4n) is 2.33. The second kappa shape index (κ2) is 7.68. The van der Waals surface area contributed by atoms with Crippen LogP contribution in [-0.2, 0) is 11.2 Å². The molecule has 0 saturated heterocycles. The highest BCUT2D eigenvalue weighted by Gasteiger charge is 2.18. The van der Waals surface area contributed by atoms with Gasteiger partial charge in [0.2, 0.25) is 5.91 Å². The Hall–Kier alpha value is -1.75. The minimum absolute atomic E-state index is 0.0435. The molecule has 0 fully saturated rings. The van der Waals surface area contributed by atoms with Crippen molar-refractivity contribution >= 4 is 21.8 Å². The predicted molar refractivity (Wildman–Crippen MR) is 90.0 cm³/mol. The number of amides is 1. The van der Waals surface area contributed by atoms with Crippen LogP contribution in [0.25, 0.3) is 0 Å². The van der Waals surface area contributed by atoms with Crippen LogP contribution in [0.15, 0.2) is 46.9 Å². The van der Waals surface area contributed by atoms with Crippen LogP contribution < -0.4 is 0 Å². The van der Waals surface area contributed by atoms with E-state index in [2.05, 4.69) is 15.9 Å². The standard InChI is InChI=1S/C18H18BrF2NO/c1-12(14-7-9-16(20)17(21)11-14)22(2)18(23)10-8-13-5-3-4-6-15(13)19/h3-7,9,11-12H,8,10H2,1-2H3. The number of aryl methyl sites for hydroxylation is 1. The zero-order valence-corrected chi connectivity index (χ0v) is 14.6. The molecule has 2 aromatic rings. The summed E-state index contributed by atoms with van der Waals surface area (Å²) in [6, 6.07) is 11.2. The Morgan fingerprint density at radius 2 is 1.87 bits per heavy atom. The second-order valence-corrected chi connectivity index (χ2v) is 6.30. The van der Waals surface area contributed by atoms with Crippen molar-refractivity contribution in [2.45, 2.75) is 25.8 Å². The van der Waals surface area contributed by atoms with Crippen molar-refractivity contribution in [3.8, 4) is 0 Å². The van der Waals surface area contributed by atoms with Gasteiger partial charge in [-0.3, -0.25) is 4.79 Å². The molecule has 0 aliphatic heterocycles. The largest absolute Gasteiger partial charge is 0.339 e. The van der Waals surface area contributed by atoms with Crippen LogP contribution in [0.5, 0.6) is 0 Å². The topological polar surface area (TPSA) is 20.3 Å². The van der Waals surface area contributed by atoms with Crippen LogP contribution >= 0.6 is 15.9 Å². The van der Waals surface area contributed by atoms with E-state index in [-0.39, 0.29) is 11.9 Å². The molecule has 122 valence electrons. The van der Waals surface area contributed by atoms with Crippen LogP contribution in [0.4, 0.5) is 8.78 Å². The van der Waals surface area contributed by atoms with Crippen molar-refractivity contribution in [1.29, 1.82) is 0 Å².